The summed E-state index contributed by atoms with van der Waals surface area (Å²) < 4.78 is 0. The Morgan fingerprint density at radius 3 is 2.74 bits per heavy atom. The van der Waals surface area contributed by atoms with Crippen LogP contribution >= 0.6 is 0 Å². The second-order valence-electron chi connectivity index (χ2n) is 4.55. The Morgan fingerprint density at radius 1 is 1.21 bits per heavy atom. The molecule has 1 fully saturated rings. The normalized spacial score (nSPS) is 13.9. The minimum atomic E-state index is -0.182. The van der Waals surface area contributed by atoms with Crippen molar-refractivity contribution in [3.05, 3.63) is 48.4 Å². The highest BCUT2D eigenvalue weighted by Gasteiger charge is 2.21. The molecule has 5 heteroatoms. The number of aromatic nitrogens is 2. The molecule has 19 heavy (non-hydrogen) atoms. The molecule has 3 rings (SSSR count). The van der Waals surface area contributed by atoms with Crippen LogP contribution in [0.2, 0.25) is 0 Å². The van der Waals surface area contributed by atoms with Crippen molar-refractivity contribution in [2.45, 2.75) is 18.9 Å². The molecule has 2 aromatic rings. The highest BCUT2D eigenvalue weighted by molar-refractivity contribution is 6.04. The first kappa shape index (κ1) is 11.6. The van der Waals surface area contributed by atoms with Crippen molar-refractivity contribution in [3.63, 3.8) is 0 Å². The first-order valence-corrected chi connectivity index (χ1v) is 6.25. The van der Waals surface area contributed by atoms with Gasteiger partial charge in [-0.05, 0) is 37.1 Å². The molecule has 1 aliphatic carbocycles. The number of hydrogen-bond acceptors (Lipinski definition) is 4. The van der Waals surface area contributed by atoms with Gasteiger partial charge in [0, 0.05) is 18.4 Å². The minimum Gasteiger partial charge on any atom is -0.367 e. The Balaban J connectivity index is 1.65. The second-order valence-corrected chi connectivity index (χ2v) is 4.55. The fourth-order valence-electron chi connectivity index (χ4n) is 1.69. The summed E-state index contributed by atoms with van der Waals surface area (Å²) in [5, 5.41) is 6.05. The Bertz CT molecular complexity index is 564. The maximum Gasteiger partial charge on any atom is 0.257 e. The van der Waals surface area contributed by atoms with Crippen molar-refractivity contribution in [1.29, 1.82) is 0 Å². The van der Waals surface area contributed by atoms with Crippen LogP contribution in [-0.4, -0.2) is 21.9 Å². The largest absolute Gasteiger partial charge is 0.367 e. The summed E-state index contributed by atoms with van der Waals surface area (Å²) in [5.41, 5.74) is 1.21. The molecular weight excluding hydrogens is 240 g/mol. The Morgan fingerprint density at radius 2 is 2.11 bits per heavy atom. The van der Waals surface area contributed by atoms with Crippen molar-refractivity contribution >= 4 is 17.4 Å². The van der Waals surface area contributed by atoms with Gasteiger partial charge < -0.3 is 10.6 Å². The molecule has 2 aromatic heterocycles. The van der Waals surface area contributed by atoms with E-state index in [1.807, 2.05) is 6.07 Å². The number of amides is 1. The molecule has 0 aromatic carbocycles. The van der Waals surface area contributed by atoms with Crippen LogP contribution in [0.4, 0.5) is 11.5 Å². The molecule has 1 saturated carbocycles. The van der Waals surface area contributed by atoms with Crippen molar-refractivity contribution in [3.8, 4) is 0 Å². The third-order valence-electron chi connectivity index (χ3n) is 2.87. The van der Waals surface area contributed by atoms with Gasteiger partial charge >= 0.3 is 0 Å². The molecule has 0 bridgehead atoms. The minimum absolute atomic E-state index is 0.182. The summed E-state index contributed by atoms with van der Waals surface area (Å²) >= 11 is 0. The molecule has 0 spiro atoms. The topological polar surface area (TPSA) is 66.9 Å². The van der Waals surface area contributed by atoms with Crippen molar-refractivity contribution < 1.29 is 4.79 Å². The van der Waals surface area contributed by atoms with E-state index in [2.05, 4.69) is 20.6 Å². The van der Waals surface area contributed by atoms with Crippen LogP contribution in [0.15, 0.2) is 42.9 Å². The molecule has 1 aliphatic rings. The van der Waals surface area contributed by atoms with Crippen molar-refractivity contribution in [2.75, 3.05) is 10.6 Å². The van der Waals surface area contributed by atoms with Gasteiger partial charge in [0.25, 0.3) is 5.91 Å². The predicted octanol–water partition coefficient (Wildman–Crippen LogP) is 2.30. The number of hydrogen-bond donors (Lipinski definition) is 2. The number of carbonyl (C=O) groups is 1. The summed E-state index contributed by atoms with van der Waals surface area (Å²) in [6.45, 7) is 0. The predicted molar refractivity (Wildman–Crippen MR) is 73.1 cm³/mol. The molecule has 0 radical (unpaired) electrons. The molecular formula is C14H14N4O. The standard InChI is InChI=1S/C14H14N4O/c19-14(18-12-2-1-7-15-9-12)10-3-6-13(16-8-10)17-11-4-5-11/h1-3,6-9,11H,4-5H2,(H,16,17)(H,18,19). The van der Waals surface area contributed by atoms with E-state index in [-0.39, 0.29) is 5.91 Å². The molecule has 0 saturated heterocycles. The van der Waals surface area contributed by atoms with E-state index in [4.69, 9.17) is 0 Å². The lowest BCUT2D eigenvalue weighted by atomic mass is 10.2. The first-order chi connectivity index (χ1) is 9.31. The number of nitrogens with zero attached hydrogens (tertiary/aromatic N) is 2. The zero-order chi connectivity index (χ0) is 13.1. The highest BCUT2D eigenvalue weighted by atomic mass is 16.1. The molecule has 96 valence electrons. The van der Waals surface area contributed by atoms with Crippen LogP contribution in [0.1, 0.15) is 23.2 Å². The third-order valence-corrected chi connectivity index (χ3v) is 2.87. The molecule has 1 amide bonds. The van der Waals surface area contributed by atoms with Gasteiger partial charge in [-0.2, -0.15) is 0 Å². The van der Waals surface area contributed by atoms with E-state index in [0.29, 0.717) is 17.3 Å². The Kier molecular flexibility index (Phi) is 3.10. The van der Waals surface area contributed by atoms with Crippen LogP contribution in [-0.2, 0) is 0 Å². The van der Waals surface area contributed by atoms with Crippen LogP contribution < -0.4 is 10.6 Å². The SMILES string of the molecule is O=C(Nc1cccnc1)c1ccc(NC2CC2)nc1. The van der Waals surface area contributed by atoms with Gasteiger partial charge in [0.2, 0.25) is 0 Å². The molecule has 2 heterocycles. The summed E-state index contributed by atoms with van der Waals surface area (Å²) in [4.78, 5) is 20.1. The summed E-state index contributed by atoms with van der Waals surface area (Å²) in [6.07, 6.45) is 7.25. The molecule has 0 aliphatic heterocycles. The van der Waals surface area contributed by atoms with Gasteiger partial charge in [-0.3, -0.25) is 9.78 Å². The monoisotopic (exact) mass is 254 g/mol. The molecule has 5 nitrogen and oxygen atoms in total. The third kappa shape index (κ3) is 3.07. The molecule has 0 unspecified atom stereocenters. The van der Waals surface area contributed by atoms with Crippen LogP contribution in [0.25, 0.3) is 0 Å². The average Bonchev–Trinajstić information content (AvgIpc) is 3.25. The van der Waals surface area contributed by atoms with Crippen LogP contribution in [0.5, 0.6) is 0 Å². The van der Waals surface area contributed by atoms with E-state index < -0.39 is 0 Å². The van der Waals surface area contributed by atoms with Gasteiger partial charge in [0.1, 0.15) is 5.82 Å². The smallest absolute Gasteiger partial charge is 0.257 e. The quantitative estimate of drug-likeness (QED) is 0.878. The van der Waals surface area contributed by atoms with Gasteiger partial charge in [0.05, 0.1) is 17.4 Å². The lowest BCUT2D eigenvalue weighted by Gasteiger charge is -2.06. The van der Waals surface area contributed by atoms with E-state index >= 15 is 0 Å². The highest BCUT2D eigenvalue weighted by Crippen LogP contribution is 2.23. The number of carbonyl (C=O) groups excluding carboxylic acids is 1. The zero-order valence-corrected chi connectivity index (χ0v) is 10.3. The maximum absolute atomic E-state index is 12.0. The van der Waals surface area contributed by atoms with Crippen LogP contribution in [0.3, 0.4) is 0 Å². The average molecular weight is 254 g/mol. The lowest BCUT2D eigenvalue weighted by molar-refractivity contribution is 0.102. The zero-order valence-electron chi connectivity index (χ0n) is 10.3. The summed E-state index contributed by atoms with van der Waals surface area (Å²) in [6, 6.07) is 7.72. The Labute approximate surface area is 111 Å². The number of anilines is 2. The second kappa shape index (κ2) is 5.06. The molecule has 0 atom stereocenters. The number of rotatable bonds is 4. The van der Waals surface area contributed by atoms with Gasteiger partial charge in [-0.25, -0.2) is 4.98 Å². The summed E-state index contributed by atoms with van der Waals surface area (Å²) in [5.74, 6) is 0.638. The van der Waals surface area contributed by atoms with E-state index in [0.717, 1.165) is 5.82 Å². The van der Waals surface area contributed by atoms with Gasteiger partial charge in [-0.15, -0.1) is 0 Å². The fourth-order valence-corrected chi connectivity index (χ4v) is 1.69. The first-order valence-electron chi connectivity index (χ1n) is 6.25. The number of nitrogens with one attached hydrogen (secondary N) is 2. The lowest BCUT2D eigenvalue weighted by Crippen LogP contribution is -2.12. The fraction of sp³-hybridized carbons (Fsp3) is 0.214. The van der Waals surface area contributed by atoms with E-state index in [1.165, 1.54) is 12.8 Å². The van der Waals surface area contributed by atoms with Gasteiger partial charge in [-0.1, -0.05) is 0 Å². The Hall–Kier alpha value is -2.43. The van der Waals surface area contributed by atoms with Gasteiger partial charge in [0.15, 0.2) is 0 Å². The maximum atomic E-state index is 12.0. The van der Waals surface area contributed by atoms with Crippen molar-refractivity contribution in [1.82, 2.24) is 9.97 Å². The van der Waals surface area contributed by atoms with Crippen LogP contribution in [0, 0.1) is 0 Å². The van der Waals surface area contributed by atoms with E-state index in [9.17, 15) is 4.79 Å². The van der Waals surface area contributed by atoms with E-state index in [1.54, 1.807) is 36.8 Å². The van der Waals surface area contributed by atoms with Crippen molar-refractivity contribution in [2.24, 2.45) is 0 Å². The number of pyridine rings is 2. The summed E-state index contributed by atoms with van der Waals surface area (Å²) in [7, 11) is 0. The molecule has 2 N–H and O–H groups in total.